The Kier molecular flexibility index (Phi) is 5.52. The van der Waals surface area contributed by atoms with E-state index in [1.807, 2.05) is 31.3 Å². The third-order valence-corrected chi connectivity index (χ3v) is 3.66. The minimum absolute atomic E-state index is 0.0362. The van der Waals surface area contributed by atoms with Crippen molar-refractivity contribution < 1.29 is 14.3 Å². The van der Waals surface area contributed by atoms with Crippen LogP contribution in [0.5, 0.6) is 0 Å². The molecule has 1 saturated heterocycles. The predicted octanol–water partition coefficient (Wildman–Crippen LogP) is 0.684. The normalized spacial score (nSPS) is 21.9. The second-order valence-electron chi connectivity index (χ2n) is 4.96. The van der Waals surface area contributed by atoms with Crippen LogP contribution in [0.2, 0.25) is 0 Å². The smallest absolute Gasteiger partial charge is 0.227 e. The van der Waals surface area contributed by atoms with Gasteiger partial charge in [0.05, 0.1) is 25.7 Å². The lowest BCUT2D eigenvalue weighted by Crippen LogP contribution is -2.42. The number of hydrogen-bond donors (Lipinski definition) is 2. The van der Waals surface area contributed by atoms with Gasteiger partial charge in [-0.05, 0) is 18.2 Å². The van der Waals surface area contributed by atoms with Crippen molar-refractivity contribution in [1.82, 2.24) is 10.6 Å². The van der Waals surface area contributed by atoms with Crippen LogP contribution in [-0.2, 0) is 27.4 Å². The van der Waals surface area contributed by atoms with Gasteiger partial charge in [-0.1, -0.05) is 24.3 Å². The highest BCUT2D eigenvalue weighted by molar-refractivity contribution is 5.79. The molecule has 1 aliphatic rings. The number of ether oxygens (including phenoxy) is 2. The van der Waals surface area contributed by atoms with Crippen LogP contribution in [0.15, 0.2) is 24.3 Å². The zero-order chi connectivity index (χ0) is 14.4. The first kappa shape index (κ1) is 15.0. The molecular weight excluding hydrogens is 256 g/mol. The van der Waals surface area contributed by atoms with Crippen molar-refractivity contribution in [2.45, 2.75) is 19.2 Å². The van der Waals surface area contributed by atoms with Crippen LogP contribution >= 0.6 is 0 Å². The molecule has 0 saturated carbocycles. The highest BCUT2D eigenvalue weighted by Crippen LogP contribution is 2.14. The standard InChI is InChI=1S/C15H22N2O3/c1-16-14-10-20-9-13(14)15(18)17-7-11-5-3-4-6-12(11)8-19-2/h3-6,13-14,16H,7-10H2,1-2H3,(H,17,18). The Balaban J connectivity index is 1.93. The van der Waals surface area contributed by atoms with E-state index in [-0.39, 0.29) is 17.9 Å². The summed E-state index contributed by atoms with van der Waals surface area (Å²) in [5.74, 6) is -0.0799. The lowest BCUT2D eigenvalue weighted by molar-refractivity contribution is -0.125. The van der Waals surface area contributed by atoms with Crippen LogP contribution in [0.1, 0.15) is 11.1 Å². The van der Waals surface area contributed by atoms with Crippen molar-refractivity contribution in [3.05, 3.63) is 35.4 Å². The SMILES string of the molecule is CNC1COCC1C(=O)NCc1ccccc1COC. The summed E-state index contributed by atoms with van der Waals surface area (Å²) in [7, 11) is 3.52. The number of amides is 1. The van der Waals surface area contributed by atoms with Gasteiger partial charge in [-0.3, -0.25) is 4.79 Å². The van der Waals surface area contributed by atoms with Gasteiger partial charge in [0.25, 0.3) is 0 Å². The van der Waals surface area contributed by atoms with E-state index >= 15 is 0 Å². The van der Waals surface area contributed by atoms with Crippen molar-refractivity contribution in [2.24, 2.45) is 5.92 Å². The molecule has 20 heavy (non-hydrogen) atoms. The summed E-state index contributed by atoms with van der Waals surface area (Å²) in [6, 6.07) is 8.07. The fourth-order valence-corrected chi connectivity index (χ4v) is 2.44. The van der Waals surface area contributed by atoms with Crippen molar-refractivity contribution in [3.8, 4) is 0 Å². The van der Waals surface area contributed by atoms with Crippen LogP contribution in [0.4, 0.5) is 0 Å². The van der Waals surface area contributed by atoms with E-state index in [4.69, 9.17) is 9.47 Å². The predicted molar refractivity (Wildman–Crippen MR) is 76.2 cm³/mol. The Morgan fingerprint density at radius 3 is 2.80 bits per heavy atom. The average molecular weight is 278 g/mol. The fraction of sp³-hybridized carbons (Fsp3) is 0.533. The van der Waals surface area contributed by atoms with Gasteiger partial charge in [-0.2, -0.15) is 0 Å². The van der Waals surface area contributed by atoms with Crippen molar-refractivity contribution in [2.75, 3.05) is 27.4 Å². The largest absolute Gasteiger partial charge is 0.380 e. The topological polar surface area (TPSA) is 59.6 Å². The molecule has 0 aromatic heterocycles. The molecule has 0 aliphatic carbocycles. The molecule has 5 heteroatoms. The Labute approximate surface area is 119 Å². The lowest BCUT2D eigenvalue weighted by Gasteiger charge is -2.17. The molecule has 2 unspecified atom stereocenters. The molecule has 0 spiro atoms. The summed E-state index contributed by atoms with van der Waals surface area (Å²) in [5, 5.41) is 6.11. The van der Waals surface area contributed by atoms with Gasteiger partial charge in [0, 0.05) is 19.7 Å². The van der Waals surface area contributed by atoms with Crippen LogP contribution < -0.4 is 10.6 Å². The van der Waals surface area contributed by atoms with Gasteiger partial charge in [0.2, 0.25) is 5.91 Å². The Morgan fingerprint density at radius 2 is 2.10 bits per heavy atom. The number of nitrogens with one attached hydrogen (secondary N) is 2. The fourth-order valence-electron chi connectivity index (χ4n) is 2.44. The van der Waals surface area contributed by atoms with Crippen molar-refractivity contribution in [3.63, 3.8) is 0 Å². The Hall–Kier alpha value is -1.43. The van der Waals surface area contributed by atoms with Crippen molar-refractivity contribution >= 4 is 5.91 Å². The van der Waals surface area contributed by atoms with E-state index in [0.29, 0.717) is 26.4 Å². The summed E-state index contributed by atoms with van der Waals surface area (Å²) >= 11 is 0. The first-order valence-electron chi connectivity index (χ1n) is 6.84. The number of carbonyl (C=O) groups excluding carboxylic acids is 1. The maximum absolute atomic E-state index is 12.2. The minimum Gasteiger partial charge on any atom is -0.380 e. The third-order valence-electron chi connectivity index (χ3n) is 3.66. The molecule has 110 valence electrons. The average Bonchev–Trinajstić information content (AvgIpc) is 2.95. The molecule has 1 amide bonds. The highest BCUT2D eigenvalue weighted by atomic mass is 16.5. The van der Waals surface area contributed by atoms with Gasteiger partial charge < -0.3 is 20.1 Å². The first-order chi connectivity index (χ1) is 9.76. The number of methoxy groups -OCH3 is 1. The van der Waals surface area contributed by atoms with E-state index in [1.165, 1.54) is 0 Å². The second-order valence-corrected chi connectivity index (χ2v) is 4.96. The molecule has 1 aliphatic heterocycles. The minimum atomic E-state index is -0.116. The van der Waals surface area contributed by atoms with Gasteiger partial charge in [-0.25, -0.2) is 0 Å². The maximum Gasteiger partial charge on any atom is 0.227 e. The quantitative estimate of drug-likeness (QED) is 0.803. The van der Waals surface area contributed by atoms with Crippen LogP contribution in [-0.4, -0.2) is 39.3 Å². The first-order valence-corrected chi connectivity index (χ1v) is 6.84. The van der Waals surface area contributed by atoms with E-state index in [9.17, 15) is 4.79 Å². The number of benzene rings is 1. The summed E-state index contributed by atoms with van der Waals surface area (Å²) in [5.41, 5.74) is 2.19. The maximum atomic E-state index is 12.2. The molecule has 1 fully saturated rings. The van der Waals surface area contributed by atoms with E-state index in [2.05, 4.69) is 10.6 Å². The molecule has 2 rings (SSSR count). The number of likely N-dealkylation sites (N-methyl/N-ethyl adjacent to an activating group) is 1. The van der Waals surface area contributed by atoms with E-state index in [1.54, 1.807) is 7.11 Å². The van der Waals surface area contributed by atoms with Gasteiger partial charge in [-0.15, -0.1) is 0 Å². The van der Waals surface area contributed by atoms with Gasteiger partial charge in [0.1, 0.15) is 0 Å². The molecule has 2 N–H and O–H groups in total. The lowest BCUT2D eigenvalue weighted by atomic mass is 10.0. The van der Waals surface area contributed by atoms with Crippen LogP contribution in [0, 0.1) is 5.92 Å². The second kappa shape index (κ2) is 7.38. The summed E-state index contributed by atoms with van der Waals surface area (Å²) in [4.78, 5) is 12.2. The number of carbonyl (C=O) groups is 1. The zero-order valence-electron chi connectivity index (χ0n) is 12.0. The van der Waals surface area contributed by atoms with Gasteiger partial charge in [0.15, 0.2) is 0 Å². The molecule has 1 aromatic carbocycles. The molecular formula is C15H22N2O3. The molecule has 1 heterocycles. The van der Waals surface area contributed by atoms with Gasteiger partial charge >= 0.3 is 0 Å². The number of hydrogen-bond acceptors (Lipinski definition) is 4. The molecule has 1 aromatic rings. The summed E-state index contributed by atoms with van der Waals surface area (Å²) in [6.07, 6.45) is 0. The molecule has 5 nitrogen and oxygen atoms in total. The van der Waals surface area contributed by atoms with Crippen LogP contribution in [0.3, 0.4) is 0 Å². The Morgan fingerprint density at radius 1 is 1.35 bits per heavy atom. The zero-order valence-corrected chi connectivity index (χ0v) is 12.0. The molecule has 0 bridgehead atoms. The summed E-state index contributed by atoms with van der Waals surface area (Å²) in [6.45, 7) is 2.15. The monoisotopic (exact) mass is 278 g/mol. The van der Waals surface area contributed by atoms with Crippen LogP contribution in [0.25, 0.3) is 0 Å². The molecule has 2 atom stereocenters. The van der Waals surface area contributed by atoms with Crippen molar-refractivity contribution in [1.29, 1.82) is 0 Å². The summed E-state index contributed by atoms with van der Waals surface area (Å²) < 4.78 is 10.5. The number of rotatable bonds is 6. The Bertz CT molecular complexity index is 450. The highest BCUT2D eigenvalue weighted by Gasteiger charge is 2.32. The molecule has 0 radical (unpaired) electrons. The van der Waals surface area contributed by atoms with E-state index < -0.39 is 0 Å². The van der Waals surface area contributed by atoms with E-state index in [0.717, 1.165) is 11.1 Å². The third kappa shape index (κ3) is 3.56.